The monoisotopic (exact) mass is 931 g/mol. The molecular weight excluding hydrogens is 867 g/mol. The number of rotatable bonds is 24. The van der Waals surface area contributed by atoms with E-state index in [4.69, 9.17) is 4.74 Å². The van der Waals surface area contributed by atoms with Crippen molar-refractivity contribution in [2.45, 2.75) is 109 Å². The number of likely N-dealkylation sites (tertiary alicyclic amines) is 1. The second-order valence-electron chi connectivity index (χ2n) is 17.6. The van der Waals surface area contributed by atoms with E-state index < -0.39 is 23.8 Å². The molecular formula is C52H65N7O9. The van der Waals surface area contributed by atoms with Crippen LogP contribution in [0, 0.1) is 0 Å². The molecule has 0 saturated carbocycles. The quantitative estimate of drug-likeness (QED) is 0.0326. The normalized spacial score (nSPS) is 18.4. The number of nitrogens with one attached hydrogen (secondary N) is 4. The number of anilines is 1. The first-order valence-corrected chi connectivity index (χ1v) is 23.5. The van der Waals surface area contributed by atoms with Crippen molar-refractivity contribution < 1.29 is 43.4 Å². The minimum absolute atomic E-state index is 0. The summed E-state index contributed by atoms with van der Waals surface area (Å²) in [5, 5.41) is 21.4. The molecule has 6 amide bonds. The van der Waals surface area contributed by atoms with Gasteiger partial charge in [0.15, 0.2) is 12.4 Å². The molecule has 0 spiro atoms. The van der Waals surface area contributed by atoms with Crippen molar-refractivity contribution in [2.75, 3.05) is 44.2 Å². The summed E-state index contributed by atoms with van der Waals surface area (Å²) in [7, 11) is 0. The lowest BCUT2D eigenvalue weighted by molar-refractivity contribution is -0.125. The molecule has 16 heteroatoms. The number of imide groups is 1. The number of phenols is 1. The number of unbranched alkanes of at least 4 members (excludes halogenated alkanes) is 5. The van der Waals surface area contributed by atoms with Gasteiger partial charge in [0.05, 0.1) is 16.7 Å². The fourth-order valence-electron chi connectivity index (χ4n) is 9.25. The predicted octanol–water partition coefficient (Wildman–Crippen LogP) is 5.56. The molecule has 4 heterocycles. The molecule has 0 aromatic heterocycles. The zero-order chi connectivity index (χ0) is 47.3. The van der Waals surface area contributed by atoms with Crippen LogP contribution >= 0.6 is 0 Å². The molecule has 5 N–H and O–H groups in total. The van der Waals surface area contributed by atoms with Crippen LogP contribution < -0.4 is 30.9 Å². The van der Waals surface area contributed by atoms with Crippen LogP contribution in [0.15, 0.2) is 91.3 Å². The second kappa shape index (κ2) is 24.2. The van der Waals surface area contributed by atoms with Crippen molar-refractivity contribution in [3.63, 3.8) is 0 Å². The second-order valence-corrected chi connectivity index (χ2v) is 17.6. The van der Waals surface area contributed by atoms with Crippen molar-refractivity contribution >= 4 is 46.9 Å². The molecule has 362 valence electrons. The molecule has 16 nitrogen and oxygen atoms in total. The van der Waals surface area contributed by atoms with E-state index in [9.17, 15) is 38.7 Å². The minimum atomic E-state index is -0.935. The summed E-state index contributed by atoms with van der Waals surface area (Å²) in [6.45, 7) is 6.68. The fraction of sp³-hybridized carbons (Fsp3) is 0.442. The van der Waals surface area contributed by atoms with Crippen LogP contribution in [0.5, 0.6) is 11.5 Å². The third-order valence-electron chi connectivity index (χ3n) is 12.8. The van der Waals surface area contributed by atoms with Gasteiger partial charge in [0, 0.05) is 81.3 Å². The minimum Gasteiger partial charge on any atom is -0.507 e. The van der Waals surface area contributed by atoms with E-state index in [0.717, 1.165) is 74.2 Å². The van der Waals surface area contributed by atoms with E-state index in [1.807, 2.05) is 6.20 Å². The van der Waals surface area contributed by atoms with Crippen LogP contribution in [0.25, 0.3) is 0 Å². The van der Waals surface area contributed by atoms with Crippen LogP contribution in [0.1, 0.15) is 121 Å². The summed E-state index contributed by atoms with van der Waals surface area (Å²) in [5.41, 5.74) is 3.33. The predicted molar refractivity (Wildman–Crippen MR) is 258 cm³/mol. The van der Waals surface area contributed by atoms with Crippen molar-refractivity contribution in [1.82, 2.24) is 31.1 Å². The number of phenolic OH excluding ortho intramolecular Hbond substituents is 1. The lowest BCUT2D eigenvalue weighted by atomic mass is 10.0. The van der Waals surface area contributed by atoms with E-state index >= 15 is 0 Å². The first kappa shape index (κ1) is 50.4. The number of piperidine rings is 1. The number of amides is 6. The standard InChI is InChI=1S/C51H61N7O9.CH4/c1-34-21-22-41(49(64)55-34)58-50(65)40-16-11-18-44(48(40)51(58)66)67-33-47(63)53-26-9-5-3-2-4-8-25-52-45(61)19-12-20-46(62)54-27-23-35-13-10-14-36(29-35)57-32-37-30-38(57)31-56(37)28-24-43(60)39-15-6-7-17-42(39)59;/h6-7,10-11,13-18,24,28-29,37-38,41,59H,1-5,8-9,12,19-23,25-27,30-33H2,(H,52,61)(H,53,63)(H,54,62)(H,55,64);1H4/b28-24+;/t37-,38-,41?;/m1./s1. The van der Waals surface area contributed by atoms with E-state index in [-0.39, 0.29) is 73.0 Å². The average Bonchev–Trinajstić information content (AvgIpc) is 4.00. The number of allylic oxidation sites excluding steroid dienone is 2. The number of fused-ring (bicyclic) bond motifs is 3. The highest BCUT2D eigenvalue weighted by Crippen LogP contribution is 2.36. The zero-order valence-corrected chi connectivity index (χ0v) is 37.9. The smallest absolute Gasteiger partial charge is 0.266 e. The Kier molecular flexibility index (Phi) is 17.9. The third kappa shape index (κ3) is 12.9. The highest BCUT2D eigenvalue weighted by molar-refractivity contribution is 6.24. The summed E-state index contributed by atoms with van der Waals surface area (Å²) in [5.74, 6) is -2.23. The summed E-state index contributed by atoms with van der Waals surface area (Å²) < 4.78 is 5.67. The first-order valence-electron chi connectivity index (χ1n) is 23.5. The Hall–Kier alpha value is -6.97. The van der Waals surface area contributed by atoms with Gasteiger partial charge in [-0.05, 0) is 86.9 Å². The number of carbonyl (C=O) groups excluding carboxylic acids is 7. The lowest BCUT2D eigenvalue weighted by Gasteiger charge is -2.35. The van der Waals surface area contributed by atoms with Gasteiger partial charge in [-0.2, -0.15) is 0 Å². The largest absolute Gasteiger partial charge is 0.507 e. The van der Waals surface area contributed by atoms with Crippen molar-refractivity contribution in [1.29, 1.82) is 0 Å². The molecule has 3 atom stereocenters. The maximum Gasteiger partial charge on any atom is 0.266 e. The Morgan fingerprint density at radius 2 is 1.47 bits per heavy atom. The number of piperazine rings is 1. The van der Waals surface area contributed by atoms with Crippen LogP contribution in [0.3, 0.4) is 0 Å². The number of ether oxygens (including phenoxy) is 1. The van der Waals surface area contributed by atoms with Crippen LogP contribution in [0.2, 0.25) is 0 Å². The number of ketones is 1. The van der Waals surface area contributed by atoms with Gasteiger partial charge in [-0.1, -0.05) is 70.0 Å². The molecule has 3 aromatic carbocycles. The fourth-order valence-corrected chi connectivity index (χ4v) is 9.25. The van der Waals surface area contributed by atoms with Crippen LogP contribution in [-0.2, 0) is 25.6 Å². The van der Waals surface area contributed by atoms with E-state index in [1.54, 1.807) is 30.3 Å². The SMILES string of the molecule is C.C=C1CCC(N2C(=O)c3cccc(OCC(=O)NCCCCCCCCNC(=O)CCCC(=O)NCCc4cccc(N5C[C@H]6C[C@@H]5CN6/C=C/C(=O)c5ccccc5O)c4)c3C2=O)C(=O)N1. The van der Waals surface area contributed by atoms with Crippen molar-refractivity contribution in [2.24, 2.45) is 0 Å². The number of nitrogens with zero attached hydrogens (tertiary/aromatic N) is 3. The van der Waals surface area contributed by atoms with Gasteiger partial charge in [-0.25, -0.2) is 0 Å². The molecule has 3 aromatic rings. The summed E-state index contributed by atoms with van der Waals surface area (Å²) in [4.78, 5) is 94.4. The van der Waals surface area contributed by atoms with Gasteiger partial charge >= 0.3 is 0 Å². The number of hydrogen-bond acceptors (Lipinski definition) is 11. The lowest BCUT2D eigenvalue weighted by Crippen LogP contribution is -2.51. The molecule has 3 saturated heterocycles. The Morgan fingerprint density at radius 3 is 2.18 bits per heavy atom. The Bertz CT molecular complexity index is 2380. The van der Waals surface area contributed by atoms with Gasteiger partial charge in [0.25, 0.3) is 17.7 Å². The zero-order valence-electron chi connectivity index (χ0n) is 37.9. The molecule has 7 rings (SSSR count). The Labute approximate surface area is 398 Å². The molecule has 1 unspecified atom stereocenters. The molecule has 0 aliphatic carbocycles. The third-order valence-corrected chi connectivity index (χ3v) is 12.8. The number of aromatic hydroxyl groups is 1. The van der Waals surface area contributed by atoms with Gasteiger partial charge in [-0.3, -0.25) is 38.5 Å². The van der Waals surface area contributed by atoms with E-state index in [2.05, 4.69) is 61.9 Å². The Morgan fingerprint density at radius 1 is 0.779 bits per heavy atom. The molecule has 0 radical (unpaired) electrons. The molecule has 2 bridgehead atoms. The van der Waals surface area contributed by atoms with Gasteiger partial charge in [0.1, 0.15) is 17.5 Å². The van der Waals surface area contributed by atoms with Crippen molar-refractivity contribution in [3.8, 4) is 11.5 Å². The molecule has 4 aliphatic rings. The van der Waals surface area contributed by atoms with Crippen LogP contribution in [0.4, 0.5) is 5.69 Å². The van der Waals surface area contributed by atoms with Gasteiger partial charge < -0.3 is 40.9 Å². The van der Waals surface area contributed by atoms with Crippen LogP contribution in [-0.4, -0.2) is 114 Å². The number of benzene rings is 3. The van der Waals surface area contributed by atoms with E-state index in [1.165, 1.54) is 18.2 Å². The van der Waals surface area contributed by atoms with E-state index in [0.29, 0.717) is 68.7 Å². The first-order chi connectivity index (χ1) is 32.5. The molecule has 68 heavy (non-hydrogen) atoms. The Balaban J connectivity index is 0.00000761. The number of carbonyl (C=O) groups is 7. The maximum atomic E-state index is 13.3. The molecule has 4 aliphatic heterocycles. The van der Waals surface area contributed by atoms with Gasteiger partial charge in [0.2, 0.25) is 17.7 Å². The highest BCUT2D eigenvalue weighted by atomic mass is 16.5. The summed E-state index contributed by atoms with van der Waals surface area (Å²) >= 11 is 0. The van der Waals surface area contributed by atoms with Crippen molar-refractivity contribution in [3.05, 3.63) is 114 Å². The average molecular weight is 932 g/mol. The van der Waals surface area contributed by atoms with Gasteiger partial charge in [-0.15, -0.1) is 0 Å². The number of para-hydroxylation sites is 1. The topological polar surface area (TPSA) is 207 Å². The highest BCUT2D eigenvalue weighted by Gasteiger charge is 2.46. The maximum absolute atomic E-state index is 13.3. The summed E-state index contributed by atoms with van der Waals surface area (Å²) in [6.07, 6.45) is 12.5. The summed E-state index contributed by atoms with van der Waals surface area (Å²) in [6, 6.07) is 19.3. The number of hydrogen-bond donors (Lipinski definition) is 5. The molecule has 3 fully saturated rings.